The summed E-state index contributed by atoms with van der Waals surface area (Å²) >= 11 is 1.53. The number of rotatable bonds is 5. The van der Waals surface area contributed by atoms with Gasteiger partial charge in [0.05, 0.1) is 23.4 Å². The average Bonchev–Trinajstić information content (AvgIpc) is 3.16. The number of hydrogen-bond acceptors (Lipinski definition) is 6. The van der Waals surface area contributed by atoms with Crippen LogP contribution in [0, 0.1) is 0 Å². The standard InChI is InChI=1S/C15H19N3O3S/c19-12(9-15(20)6-2-1-3-7-15)16-10-13-17-14(18-21-13)11-5-4-8-22-11/h4-5,8,20H,1-3,6-7,9-10H2,(H,16,19). The maximum absolute atomic E-state index is 12.0. The van der Waals surface area contributed by atoms with Crippen LogP contribution in [0.1, 0.15) is 44.4 Å². The second-order valence-electron chi connectivity index (χ2n) is 5.73. The van der Waals surface area contributed by atoms with Crippen molar-refractivity contribution in [1.82, 2.24) is 15.5 Å². The van der Waals surface area contributed by atoms with Gasteiger partial charge < -0.3 is 14.9 Å². The molecule has 1 saturated carbocycles. The Hall–Kier alpha value is -1.73. The molecule has 1 fully saturated rings. The van der Waals surface area contributed by atoms with E-state index < -0.39 is 5.60 Å². The van der Waals surface area contributed by atoms with E-state index in [4.69, 9.17) is 4.52 Å². The van der Waals surface area contributed by atoms with Crippen LogP contribution in [-0.4, -0.2) is 26.8 Å². The molecule has 22 heavy (non-hydrogen) atoms. The van der Waals surface area contributed by atoms with Crippen molar-refractivity contribution < 1.29 is 14.4 Å². The Morgan fingerprint density at radius 1 is 1.41 bits per heavy atom. The van der Waals surface area contributed by atoms with Crippen molar-refractivity contribution in [2.75, 3.05) is 0 Å². The van der Waals surface area contributed by atoms with Crippen LogP contribution < -0.4 is 5.32 Å². The molecule has 1 amide bonds. The van der Waals surface area contributed by atoms with E-state index in [-0.39, 0.29) is 18.9 Å². The lowest BCUT2D eigenvalue weighted by Gasteiger charge is -2.31. The minimum absolute atomic E-state index is 0.138. The normalized spacial score (nSPS) is 17.3. The lowest BCUT2D eigenvalue weighted by atomic mass is 9.82. The summed E-state index contributed by atoms with van der Waals surface area (Å²) in [7, 11) is 0. The maximum atomic E-state index is 12.0. The van der Waals surface area contributed by atoms with Gasteiger partial charge in [-0.15, -0.1) is 11.3 Å². The van der Waals surface area contributed by atoms with Gasteiger partial charge in [-0.3, -0.25) is 4.79 Å². The van der Waals surface area contributed by atoms with Crippen LogP contribution in [0.5, 0.6) is 0 Å². The highest BCUT2D eigenvalue weighted by Gasteiger charge is 2.31. The highest BCUT2D eigenvalue weighted by atomic mass is 32.1. The molecule has 0 saturated heterocycles. The average molecular weight is 321 g/mol. The predicted octanol–water partition coefficient (Wildman–Crippen LogP) is 2.50. The third kappa shape index (κ3) is 3.72. The van der Waals surface area contributed by atoms with Crippen LogP contribution in [0.3, 0.4) is 0 Å². The molecule has 1 aliphatic rings. The number of hydrogen-bond donors (Lipinski definition) is 2. The lowest BCUT2D eigenvalue weighted by molar-refractivity contribution is -0.127. The molecule has 0 aliphatic heterocycles. The van der Waals surface area contributed by atoms with E-state index in [1.165, 1.54) is 11.3 Å². The molecule has 0 spiro atoms. The first kappa shape index (κ1) is 15.2. The van der Waals surface area contributed by atoms with Gasteiger partial charge in [0.15, 0.2) is 0 Å². The van der Waals surface area contributed by atoms with Crippen LogP contribution in [0.4, 0.5) is 0 Å². The maximum Gasteiger partial charge on any atom is 0.246 e. The Morgan fingerprint density at radius 3 is 2.95 bits per heavy atom. The summed E-state index contributed by atoms with van der Waals surface area (Å²) in [5.74, 6) is 0.720. The van der Waals surface area contributed by atoms with Crippen LogP contribution in [0.25, 0.3) is 10.7 Å². The first-order valence-electron chi connectivity index (χ1n) is 7.50. The van der Waals surface area contributed by atoms with Crippen molar-refractivity contribution in [2.24, 2.45) is 0 Å². The third-order valence-corrected chi connectivity index (χ3v) is 4.79. The fourth-order valence-electron chi connectivity index (χ4n) is 2.75. The van der Waals surface area contributed by atoms with Crippen LogP contribution in [0.2, 0.25) is 0 Å². The van der Waals surface area contributed by atoms with Crippen molar-refractivity contribution in [3.8, 4) is 10.7 Å². The van der Waals surface area contributed by atoms with Crippen LogP contribution >= 0.6 is 11.3 Å². The summed E-state index contributed by atoms with van der Waals surface area (Å²) < 4.78 is 5.12. The topological polar surface area (TPSA) is 88.2 Å². The number of thiophene rings is 1. The summed E-state index contributed by atoms with van der Waals surface area (Å²) in [6, 6.07) is 3.83. The van der Waals surface area contributed by atoms with Gasteiger partial charge in [0, 0.05) is 0 Å². The number of carbonyl (C=O) groups excluding carboxylic acids is 1. The summed E-state index contributed by atoms with van der Waals surface area (Å²) in [6.45, 7) is 0.188. The first-order chi connectivity index (χ1) is 10.6. The fraction of sp³-hybridized carbons (Fsp3) is 0.533. The van der Waals surface area contributed by atoms with Gasteiger partial charge in [-0.2, -0.15) is 4.98 Å². The van der Waals surface area contributed by atoms with E-state index in [9.17, 15) is 9.90 Å². The highest BCUT2D eigenvalue weighted by Crippen LogP contribution is 2.30. The Bertz CT molecular complexity index is 618. The minimum Gasteiger partial charge on any atom is -0.389 e. The summed E-state index contributed by atoms with van der Waals surface area (Å²) in [5.41, 5.74) is -0.848. The van der Waals surface area contributed by atoms with Crippen molar-refractivity contribution in [2.45, 2.75) is 50.7 Å². The van der Waals surface area contributed by atoms with Crippen molar-refractivity contribution in [1.29, 1.82) is 0 Å². The van der Waals surface area contributed by atoms with Crippen molar-refractivity contribution in [3.63, 3.8) is 0 Å². The number of carbonyl (C=O) groups is 1. The minimum atomic E-state index is -0.848. The second-order valence-corrected chi connectivity index (χ2v) is 6.68. The predicted molar refractivity (Wildman–Crippen MR) is 82.1 cm³/mol. The molecule has 1 aliphatic carbocycles. The number of aromatic nitrogens is 2. The molecule has 2 heterocycles. The molecule has 2 aromatic rings. The zero-order valence-electron chi connectivity index (χ0n) is 12.2. The smallest absolute Gasteiger partial charge is 0.246 e. The molecule has 7 heteroatoms. The first-order valence-corrected chi connectivity index (χ1v) is 8.38. The zero-order valence-corrected chi connectivity index (χ0v) is 13.1. The van der Waals surface area contributed by atoms with Gasteiger partial charge in [-0.05, 0) is 24.3 Å². The molecule has 0 bridgehead atoms. The summed E-state index contributed by atoms with van der Waals surface area (Å²) in [5, 5.41) is 18.9. The van der Waals surface area contributed by atoms with E-state index in [2.05, 4.69) is 15.5 Å². The molecule has 0 aromatic carbocycles. The molecule has 0 unspecified atom stereocenters. The fourth-order valence-corrected chi connectivity index (χ4v) is 3.40. The van der Waals surface area contributed by atoms with Gasteiger partial charge >= 0.3 is 0 Å². The largest absolute Gasteiger partial charge is 0.389 e. The van der Waals surface area contributed by atoms with Gasteiger partial charge in [-0.25, -0.2) is 0 Å². The van der Waals surface area contributed by atoms with E-state index in [0.29, 0.717) is 24.6 Å². The molecule has 2 N–H and O–H groups in total. The van der Waals surface area contributed by atoms with E-state index >= 15 is 0 Å². The quantitative estimate of drug-likeness (QED) is 0.883. The van der Waals surface area contributed by atoms with Gasteiger partial charge in [0.1, 0.15) is 0 Å². The highest BCUT2D eigenvalue weighted by molar-refractivity contribution is 7.13. The Morgan fingerprint density at radius 2 is 2.23 bits per heavy atom. The van der Waals surface area contributed by atoms with E-state index in [1.54, 1.807) is 0 Å². The molecular weight excluding hydrogens is 302 g/mol. The van der Waals surface area contributed by atoms with Gasteiger partial charge in [0.25, 0.3) is 0 Å². The molecule has 0 atom stereocenters. The second kappa shape index (κ2) is 6.58. The Kier molecular flexibility index (Phi) is 4.54. The number of nitrogens with one attached hydrogen (secondary N) is 1. The third-order valence-electron chi connectivity index (χ3n) is 3.92. The monoisotopic (exact) mass is 321 g/mol. The van der Waals surface area contributed by atoms with Gasteiger partial charge in [0.2, 0.25) is 17.6 Å². The molecule has 3 rings (SSSR count). The Balaban J connectivity index is 1.51. The van der Waals surface area contributed by atoms with Crippen molar-refractivity contribution in [3.05, 3.63) is 23.4 Å². The summed E-state index contributed by atoms with van der Waals surface area (Å²) in [6.07, 6.45) is 4.64. The lowest BCUT2D eigenvalue weighted by Crippen LogP contribution is -2.38. The SMILES string of the molecule is O=C(CC1(O)CCCCC1)NCc1nc(-c2cccs2)no1. The van der Waals surface area contributed by atoms with E-state index in [0.717, 1.165) is 24.1 Å². The van der Waals surface area contributed by atoms with Crippen molar-refractivity contribution >= 4 is 17.2 Å². The van der Waals surface area contributed by atoms with Crippen LogP contribution in [0.15, 0.2) is 22.0 Å². The summed E-state index contributed by atoms with van der Waals surface area (Å²) in [4.78, 5) is 17.1. The van der Waals surface area contributed by atoms with E-state index in [1.807, 2.05) is 17.5 Å². The molecule has 2 aromatic heterocycles. The molecule has 6 nitrogen and oxygen atoms in total. The van der Waals surface area contributed by atoms with Gasteiger partial charge in [-0.1, -0.05) is 30.5 Å². The van der Waals surface area contributed by atoms with Crippen LogP contribution in [-0.2, 0) is 11.3 Å². The number of nitrogens with zero attached hydrogens (tertiary/aromatic N) is 2. The number of amides is 1. The Labute approximate surface area is 132 Å². The molecule has 0 radical (unpaired) electrons. The molecule has 118 valence electrons. The number of aliphatic hydroxyl groups is 1. The zero-order chi connectivity index (χ0) is 15.4. The molecular formula is C15H19N3O3S.